The molecule has 5 heteroatoms. The summed E-state index contributed by atoms with van der Waals surface area (Å²) in [5, 5.41) is 0. The van der Waals surface area contributed by atoms with Crippen molar-refractivity contribution in [2.75, 3.05) is 13.7 Å². The zero-order chi connectivity index (χ0) is 13.9. The molecule has 0 spiro atoms. The molecule has 1 fully saturated rings. The Kier molecular flexibility index (Phi) is 3.93. The van der Waals surface area contributed by atoms with Gasteiger partial charge in [0.15, 0.2) is 18.9 Å². The van der Waals surface area contributed by atoms with Crippen molar-refractivity contribution >= 4 is 6.29 Å². The third kappa shape index (κ3) is 2.53. The number of aldehydes is 1. The summed E-state index contributed by atoms with van der Waals surface area (Å²) in [5.74, 6) is 0. The topological polar surface area (TPSA) is 54.0 Å². The van der Waals surface area contributed by atoms with Crippen molar-refractivity contribution < 1.29 is 23.7 Å². The molecule has 0 unspecified atom stereocenters. The van der Waals surface area contributed by atoms with Gasteiger partial charge in [-0.1, -0.05) is 30.3 Å². The predicted molar refractivity (Wildman–Crippen MR) is 69.8 cm³/mol. The van der Waals surface area contributed by atoms with Crippen LogP contribution in [-0.4, -0.2) is 38.5 Å². The molecule has 2 aliphatic rings. The molecule has 0 aromatic heterocycles. The molecule has 0 N–H and O–H groups in total. The van der Waals surface area contributed by atoms with E-state index in [1.54, 1.807) is 6.08 Å². The summed E-state index contributed by atoms with van der Waals surface area (Å²) in [6.07, 6.45) is 0.844. The molecule has 5 nitrogen and oxygen atoms in total. The molecular formula is C15H16O5. The van der Waals surface area contributed by atoms with Crippen molar-refractivity contribution in [3.05, 3.63) is 47.5 Å². The van der Waals surface area contributed by atoms with Crippen LogP contribution in [0, 0.1) is 0 Å². The normalized spacial score (nSPS) is 33.1. The van der Waals surface area contributed by atoms with E-state index in [0.29, 0.717) is 12.2 Å². The first-order chi connectivity index (χ1) is 9.81. The fourth-order valence-electron chi connectivity index (χ4n) is 2.39. The van der Waals surface area contributed by atoms with Gasteiger partial charge in [0, 0.05) is 18.2 Å². The van der Waals surface area contributed by atoms with E-state index in [0.717, 1.165) is 11.8 Å². The zero-order valence-corrected chi connectivity index (χ0v) is 11.1. The van der Waals surface area contributed by atoms with Crippen LogP contribution in [0.4, 0.5) is 0 Å². The maximum atomic E-state index is 11.0. The van der Waals surface area contributed by atoms with Crippen LogP contribution in [0.1, 0.15) is 11.9 Å². The number of methoxy groups -OCH3 is 1. The van der Waals surface area contributed by atoms with Crippen molar-refractivity contribution in [2.24, 2.45) is 0 Å². The summed E-state index contributed by atoms with van der Waals surface area (Å²) in [5.41, 5.74) is 1.39. The van der Waals surface area contributed by atoms with Crippen molar-refractivity contribution in [3.63, 3.8) is 0 Å². The van der Waals surface area contributed by atoms with E-state index in [-0.39, 0.29) is 12.2 Å². The van der Waals surface area contributed by atoms with Gasteiger partial charge in [0.05, 0.1) is 6.61 Å². The minimum atomic E-state index is -0.644. The molecule has 3 rings (SSSR count). The Bertz CT molecular complexity index is 498. The Balaban J connectivity index is 1.78. The van der Waals surface area contributed by atoms with Gasteiger partial charge in [-0.3, -0.25) is 4.79 Å². The second-order valence-corrected chi connectivity index (χ2v) is 4.70. The fourth-order valence-corrected chi connectivity index (χ4v) is 2.39. The minimum absolute atomic E-state index is 0.261. The van der Waals surface area contributed by atoms with E-state index >= 15 is 0 Å². The number of rotatable bonds is 3. The molecule has 106 valence electrons. The standard InChI is InChI=1S/C15H16O5/c1-17-14-11(8-16)7-12-13(20-14)9-18-15(19-12)10-5-3-2-4-6-10/h2-8,12-15H,9H2,1H3/t12-,13+,14-,15+/m0/s1. The number of carbonyl (C=O) groups excluding carboxylic acids is 1. The molecule has 20 heavy (non-hydrogen) atoms. The molecule has 1 aromatic carbocycles. The molecule has 0 aliphatic carbocycles. The van der Waals surface area contributed by atoms with Crippen molar-refractivity contribution in [1.29, 1.82) is 0 Å². The maximum absolute atomic E-state index is 11.0. The Labute approximate surface area is 117 Å². The lowest BCUT2D eigenvalue weighted by atomic mass is 10.1. The number of carbonyl (C=O) groups is 1. The van der Waals surface area contributed by atoms with Crippen LogP contribution in [-0.2, 0) is 23.7 Å². The monoisotopic (exact) mass is 276 g/mol. The average Bonchev–Trinajstić information content (AvgIpc) is 2.53. The van der Waals surface area contributed by atoms with E-state index in [4.69, 9.17) is 18.9 Å². The number of ether oxygens (including phenoxy) is 4. The van der Waals surface area contributed by atoms with E-state index in [2.05, 4.69) is 0 Å². The summed E-state index contributed by atoms with van der Waals surface area (Å²) in [6, 6.07) is 9.68. The first-order valence-corrected chi connectivity index (χ1v) is 6.49. The largest absolute Gasteiger partial charge is 0.352 e. The van der Waals surface area contributed by atoms with Gasteiger partial charge in [-0.25, -0.2) is 0 Å². The van der Waals surface area contributed by atoms with Crippen molar-refractivity contribution in [2.45, 2.75) is 24.8 Å². The van der Waals surface area contributed by atoms with Gasteiger partial charge in [-0.15, -0.1) is 0 Å². The van der Waals surface area contributed by atoms with Gasteiger partial charge < -0.3 is 18.9 Å². The number of benzene rings is 1. The second-order valence-electron chi connectivity index (χ2n) is 4.70. The number of hydrogen-bond acceptors (Lipinski definition) is 5. The predicted octanol–water partition coefficient (Wildman–Crippen LogP) is 1.60. The smallest absolute Gasteiger partial charge is 0.186 e. The fraction of sp³-hybridized carbons (Fsp3) is 0.400. The highest BCUT2D eigenvalue weighted by atomic mass is 16.7. The van der Waals surface area contributed by atoms with Crippen LogP contribution in [0.3, 0.4) is 0 Å². The molecule has 0 amide bonds. The first-order valence-electron chi connectivity index (χ1n) is 6.49. The van der Waals surface area contributed by atoms with Crippen LogP contribution < -0.4 is 0 Å². The van der Waals surface area contributed by atoms with Crippen molar-refractivity contribution in [1.82, 2.24) is 0 Å². The van der Waals surface area contributed by atoms with E-state index < -0.39 is 12.6 Å². The van der Waals surface area contributed by atoms with E-state index in [1.165, 1.54) is 7.11 Å². The summed E-state index contributed by atoms with van der Waals surface area (Å²) in [7, 11) is 1.50. The van der Waals surface area contributed by atoms with Gasteiger partial charge in [-0.05, 0) is 6.08 Å². The Morgan fingerprint density at radius 3 is 2.75 bits per heavy atom. The SMILES string of the molecule is CO[C@H]1O[C@@H]2CO[C@@H](c3ccccc3)O[C@H]2C=C1C=O. The van der Waals surface area contributed by atoms with Crippen LogP contribution in [0.2, 0.25) is 0 Å². The summed E-state index contributed by atoms with van der Waals surface area (Å²) >= 11 is 0. The molecule has 1 aromatic rings. The van der Waals surface area contributed by atoms with Gasteiger partial charge >= 0.3 is 0 Å². The van der Waals surface area contributed by atoms with Gasteiger partial charge in [-0.2, -0.15) is 0 Å². The van der Waals surface area contributed by atoms with Crippen LogP contribution in [0.5, 0.6) is 0 Å². The van der Waals surface area contributed by atoms with Crippen LogP contribution in [0.25, 0.3) is 0 Å². The molecule has 0 bridgehead atoms. The molecular weight excluding hydrogens is 260 g/mol. The third-order valence-corrected chi connectivity index (χ3v) is 3.41. The average molecular weight is 276 g/mol. The van der Waals surface area contributed by atoms with Crippen molar-refractivity contribution in [3.8, 4) is 0 Å². The molecule has 0 saturated carbocycles. The summed E-state index contributed by atoms with van der Waals surface area (Å²) < 4.78 is 22.3. The zero-order valence-electron chi connectivity index (χ0n) is 11.1. The quantitative estimate of drug-likeness (QED) is 0.785. The Morgan fingerprint density at radius 1 is 1.25 bits per heavy atom. The van der Waals surface area contributed by atoms with E-state index in [9.17, 15) is 4.79 Å². The minimum Gasteiger partial charge on any atom is -0.352 e. The maximum Gasteiger partial charge on any atom is 0.186 e. The molecule has 0 radical (unpaired) electrons. The highest BCUT2D eigenvalue weighted by Gasteiger charge is 2.38. The lowest BCUT2D eigenvalue weighted by Crippen LogP contribution is -2.47. The number of fused-ring (bicyclic) bond motifs is 1. The molecule has 2 heterocycles. The summed E-state index contributed by atoms with van der Waals surface area (Å²) in [4.78, 5) is 11.0. The van der Waals surface area contributed by atoms with Crippen LogP contribution >= 0.6 is 0 Å². The van der Waals surface area contributed by atoms with Gasteiger partial charge in [0.1, 0.15) is 12.2 Å². The number of hydrogen-bond donors (Lipinski definition) is 0. The first kappa shape index (κ1) is 13.5. The molecule has 4 atom stereocenters. The highest BCUT2D eigenvalue weighted by Crippen LogP contribution is 2.32. The summed E-state index contributed by atoms with van der Waals surface area (Å²) in [6.45, 7) is 0.396. The molecule has 1 saturated heterocycles. The highest BCUT2D eigenvalue weighted by molar-refractivity contribution is 5.74. The Morgan fingerprint density at radius 2 is 2.05 bits per heavy atom. The van der Waals surface area contributed by atoms with Gasteiger partial charge in [0.25, 0.3) is 0 Å². The third-order valence-electron chi connectivity index (χ3n) is 3.41. The van der Waals surface area contributed by atoms with E-state index in [1.807, 2.05) is 30.3 Å². The Hall–Kier alpha value is -1.53. The lowest BCUT2D eigenvalue weighted by Gasteiger charge is -2.39. The molecule has 2 aliphatic heterocycles. The van der Waals surface area contributed by atoms with Gasteiger partial charge in [0.2, 0.25) is 0 Å². The second kappa shape index (κ2) is 5.85. The van der Waals surface area contributed by atoms with Crippen LogP contribution in [0.15, 0.2) is 42.0 Å². The lowest BCUT2D eigenvalue weighted by molar-refractivity contribution is -0.282.